The summed E-state index contributed by atoms with van der Waals surface area (Å²) in [6, 6.07) is 8.56. The van der Waals surface area contributed by atoms with Gasteiger partial charge in [-0.05, 0) is 68.9 Å². The Labute approximate surface area is 224 Å². The molecule has 0 aliphatic heterocycles. The molecule has 2 aromatic heterocycles. The summed E-state index contributed by atoms with van der Waals surface area (Å²) in [5, 5.41) is 13.4. The number of pyridine rings is 1. The number of fused-ring (bicyclic) bond motifs is 1. The number of aliphatic hydroxyl groups is 1. The van der Waals surface area contributed by atoms with Gasteiger partial charge in [0.1, 0.15) is 28.9 Å². The quantitative estimate of drug-likeness (QED) is 0.195. The van der Waals surface area contributed by atoms with E-state index in [0.717, 1.165) is 54.9 Å². The normalized spacial score (nSPS) is 11.4. The van der Waals surface area contributed by atoms with Crippen molar-refractivity contribution in [2.45, 2.75) is 27.2 Å². The highest BCUT2D eigenvalue weighted by atomic mass is 19.1. The van der Waals surface area contributed by atoms with Crippen molar-refractivity contribution in [2.24, 2.45) is 0 Å². The third-order valence-corrected chi connectivity index (χ3v) is 6.67. The number of para-hydroxylation sites is 1. The topological polar surface area (TPSA) is 83.3 Å². The molecule has 0 radical (unpaired) electrons. The minimum atomic E-state index is -0.945. The van der Waals surface area contributed by atoms with Crippen LogP contribution in [0.25, 0.3) is 33.7 Å². The molecule has 0 aliphatic rings. The average Bonchev–Trinajstić information content (AvgIpc) is 2.90. The fraction of sp³-hybridized carbons (Fsp3) is 0.276. The van der Waals surface area contributed by atoms with Crippen LogP contribution in [0.1, 0.15) is 31.4 Å². The zero-order valence-corrected chi connectivity index (χ0v) is 22.1. The molecule has 0 saturated carbocycles. The lowest BCUT2D eigenvalue weighted by molar-refractivity contribution is 0.303. The highest BCUT2D eigenvalue weighted by molar-refractivity contribution is 5.93. The van der Waals surface area contributed by atoms with Gasteiger partial charge in [-0.15, -0.1) is 0 Å². The first-order valence-corrected chi connectivity index (χ1v) is 12.7. The van der Waals surface area contributed by atoms with E-state index in [1.807, 2.05) is 0 Å². The Morgan fingerprint density at radius 2 is 1.74 bits per heavy atom. The summed E-state index contributed by atoms with van der Waals surface area (Å²) in [6.07, 6.45) is 0.759. The summed E-state index contributed by atoms with van der Waals surface area (Å²) in [7, 11) is 0. The summed E-state index contributed by atoms with van der Waals surface area (Å²) in [4.78, 5) is 24.4. The smallest absolute Gasteiger partial charge is 0.256 e. The summed E-state index contributed by atoms with van der Waals surface area (Å²) in [6.45, 7) is 12.3. The Balaban J connectivity index is 1.96. The van der Waals surface area contributed by atoms with Crippen LogP contribution in [0.2, 0.25) is 0 Å². The molecule has 0 saturated heterocycles. The number of rotatable bonds is 10. The van der Waals surface area contributed by atoms with Gasteiger partial charge in [0.05, 0.1) is 5.69 Å². The molecule has 39 heavy (non-hydrogen) atoms. The molecule has 0 atom stereocenters. The Morgan fingerprint density at radius 1 is 1.05 bits per heavy atom. The fourth-order valence-corrected chi connectivity index (χ4v) is 4.45. The van der Waals surface area contributed by atoms with E-state index in [4.69, 9.17) is 0 Å². The van der Waals surface area contributed by atoms with Crippen molar-refractivity contribution in [1.82, 2.24) is 19.4 Å². The van der Waals surface area contributed by atoms with Gasteiger partial charge in [0.25, 0.3) is 5.56 Å². The van der Waals surface area contributed by atoms with E-state index in [0.29, 0.717) is 12.1 Å². The second-order valence-electron chi connectivity index (χ2n) is 9.09. The van der Waals surface area contributed by atoms with Crippen LogP contribution in [0, 0.1) is 24.4 Å². The van der Waals surface area contributed by atoms with Crippen molar-refractivity contribution in [3.8, 4) is 16.9 Å². The predicted octanol–water partition coefficient (Wildman–Crippen LogP) is 5.85. The van der Waals surface area contributed by atoms with Crippen molar-refractivity contribution in [3.63, 3.8) is 0 Å². The minimum absolute atomic E-state index is 0.0595. The maximum atomic E-state index is 14.9. The number of benzene rings is 2. The highest BCUT2D eigenvalue weighted by Gasteiger charge is 2.21. The molecule has 7 nitrogen and oxygen atoms in total. The van der Waals surface area contributed by atoms with Gasteiger partial charge in [0, 0.05) is 29.1 Å². The van der Waals surface area contributed by atoms with Crippen LogP contribution >= 0.6 is 0 Å². The molecule has 0 unspecified atom stereocenters. The van der Waals surface area contributed by atoms with Gasteiger partial charge in [0.15, 0.2) is 5.65 Å². The molecular formula is C29H30F3N5O2. The number of nitrogens with one attached hydrogen (secondary N) is 1. The monoisotopic (exact) mass is 537 g/mol. The fourth-order valence-electron chi connectivity index (χ4n) is 4.45. The zero-order valence-electron chi connectivity index (χ0n) is 22.1. The van der Waals surface area contributed by atoms with Gasteiger partial charge in [-0.25, -0.2) is 18.2 Å². The van der Waals surface area contributed by atoms with Crippen LogP contribution in [0.15, 0.2) is 53.8 Å². The van der Waals surface area contributed by atoms with E-state index in [2.05, 4.69) is 40.6 Å². The van der Waals surface area contributed by atoms with E-state index in [1.165, 1.54) is 18.2 Å². The number of nitrogens with zero attached hydrogens (tertiary/aromatic N) is 4. The third kappa shape index (κ3) is 5.65. The molecule has 2 N–H and O–H groups in total. The molecule has 2 heterocycles. The van der Waals surface area contributed by atoms with Gasteiger partial charge in [0.2, 0.25) is 5.95 Å². The molecule has 4 aromatic rings. The first-order valence-electron chi connectivity index (χ1n) is 12.7. The first-order chi connectivity index (χ1) is 18.7. The van der Waals surface area contributed by atoms with E-state index >= 15 is 0 Å². The lowest BCUT2D eigenvalue weighted by Gasteiger charge is -2.18. The van der Waals surface area contributed by atoms with Gasteiger partial charge in [-0.2, -0.15) is 4.98 Å². The van der Waals surface area contributed by atoms with Crippen molar-refractivity contribution in [1.29, 1.82) is 0 Å². The van der Waals surface area contributed by atoms with E-state index < -0.39 is 28.7 Å². The molecule has 2 aromatic carbocycles. The second kappa shape index (κ2) is 11.7. The second-order valence-corrected chi connectivity index (χ2v) is 9.09. The number of aliphatic hydroxyl groups excluding tert-OH is 1. The van der Waals surface area contributed by atoms with Crippen LogP contribution in [-0.2, 0) is 0 Å². The molecule has 0 bridgehead atoms. The predicted molar refractivity (Wildman–Crippen MR) is 148 cm³/mol. The minimum Gasteiger partial charge on any atom is -0.508 e. The maximum absolute atomic E-state index is 14.9. The van der Waals surface area contributed by atoms with Gasteiger partial charge in [-0.1, -0.05) is 26.5 Å². The summed E-state index contributed by atoms with van der Waals surface area (Å²) in [5.41, 5.74) is -0.455. The molecule has 0 spiro atoms. The molecule has 10 heteroatoms. The molecule has 204 valence electrons. The van der Waals surface area contributed by atoms with Crippen molar-refractivity contribution in [2.75, 3.05) is 31.5 Å². The van der Waals surface area contributed by atoms with Gasteiger partial charge < -0.3 is 15.3 Å². The Bertz CT molecular complexity index is 1580. The Hall–Kier alpha value is -4.18. The lowest BCUT2D eigenvalue weighted by atomic mass is 9.98. The van der Waals surface area contributed by atoms with Gasteiger partial charge >= 0.3 is 0 Å². The lowest BCUT2D eigenvalue weighted by Crippen LogP contribution is -2.25. The SMILES string of the molecule is C=C(O)c1cc(F)c(C)c(-c2nc(NCCCN(CC)CC)nc3c2ccc(=O)n3-c2c(F)cccc2F)c1. The average molecular weight is 538 g/mol. The summed E-state index contributed by atoms with van der Waals surface area (Å²) < 4.78 is 45.5. The van der Waals surface area contributed by atoms with E-state index in [9.17, 15) is 23.1 Å². The first kappa shape index (κ1) is 27.8. The van der Waals surface area contributed by atoms with Crippen LogP contribution in [0.3, 0.4) is 0 Å². The van der Waals surface area contributed by atoms with E-state index in [-0.39, 0.29) is 39.6 Å². The number of hydrogen-bond acceptors (Lipinski definition) is 6. The molecule has 0 fully saturated rings. The molecule has 0 aliphatic carbocycles. The van der Waals surface area contributed by atoms with Crippen LogP contribution in [0.5, 0.6) is 0 Å². The number of hydrogen-bond donors (Lipinski definition) is 2. The van der Waals surface area contributed by atoms with Crippen molar-refractivity contribution in [3.05, 3.63) is 88.0 Å². The van der Waals surface area contributed by atoms with Crippen molar-refractivity contribution < 1.29 is 18.3 Å². The van der Waals surface area contributed by atoms with Crippen LogP contribution in [0.4, 0.5) is 19.1 Å². The largest absolute Gasteiger partial charge is 0.508 e. The summed E-state index contributed by atoms with van der Waals surface area (Å²) >= 11 is 0. The third-order valence-electron chi connectivity index (χ3n) is 6.67. The van der Waals surface area contributed by atoms with Gasteiger partial charge in [-0.3, -0.25) is 9.36 Å². The number of aromatic nitrogens is 3. The highest BCUT2D eigenvalue weighted by Crippen LogP contribution is 2.33. The van der Waals surface area contributed by atoms with Crippen LogP contribution in [-0.4, -0.2) is 50.7 Å². The van der Waals surface area contributed by atoms with E-state index in [1.54, 1.807) is 6.92 Å². The molecule has 0 amide bonds. The number of halogens is 3. The molecule has 4 rings (SSSR count). The summed E-state index contributed by atoms with van der Waals surface area (Å²) in [5.74, 6) is -2.74. The molecular weight excluding hydrogens is 507 g/mol. The Kier molecular flexibility index (Phi) is 8.35. The Morgan fingerprint density at radius 3 is 2.38 bits per heavy atom. The van der Waals surface area contributed by atoms with Crippen molar-refractivity contribution >= 4 is 22.7 Å². The zero-order chi connectivity index (χ0) is 28.3. The maximum Gasteiger partial charge on any atom is 0.256 e. The van der Waals surface area contributed by atoms with Crippen LogP contribution < -0.4 is 10.9 Å². The standard InChI is InChI=1S/C29H30F3N5O2/c1-5-36(6-2)14-8-13-33-29-34-26(21-15-19(18(4)38)16-24(32)17(21)3)20-11-12-25(39)37(28(20)35-29)27-22(30)9-7-10-23(27)31/h7,9-12,15-16,38H,4-6,8,13-14H2,1-3H3,(H,33,34,35). The number of anilines is 1.